The summed E-state index contributed by atoms with van der Waals surface area (Å²) >= 11 is 0. The highest BCUT2D eigenvalue weighted by atomic mass is 16.3. The molecule has 0 spiro atoms. The monoisotopic (exact) mass is 2000 g/mol. The Hall–Kier alpha value is -15.9. The maximum absolute atomic E-state index is 13.0. The number of nitrogens with zero attached hydrogens (tertiary/aromatic N) is 5. The average Bonchev–Trinajstić information content (AvgIpc) is 1.59. The third kappa shape index (κ3) is 15.8. The van der Waals surface area contributed by atoms with Gasteiger partial charge in [-0.2, -0.15) is 0 Å². The van der Waals surface area contributed by atoms with Crippen LogP contribution in [0, 0.1) is 0 Å². The Morgan fingerprint density at radius 2 is 0.327 bits per heavy atom. The first kappa shape index (κ1) is 100. The number of hydrogen-bond acceptors (Lipinski definition) is 15. The lowest BCUT2D eigenvalue weighted by molar-refractivity contribution is -0.123. The van der Waals surface area contributed by atoms with Gasteiger partial charge in [0.15, 0.2) is 0 Å². The van der Waals surface area contributed by atoms with Gasteiger partial charge in [-0.15, -0.1) is 0 Å². The number of aryl methyl sites for hydroxylation is 5. The van der Waals surface area contributed by atoms with Gasteiger partial charge in [0.1, 0.15) is 57.8 Å². The molecule has 20 aromatic rings. The van der Waals surface area contributed by atoms with Crippen LogP contribution in [0.1, 0.15) is 274 Å². The minimum atomic E-state index is -0.490. The summed E-state index contributed by atoms with van der Waals surface area (Å²) in [5, 5.41) is 61.9. The number of carbonyl (C=O) groups is 10. The van der Waals surface area contributed by atoms with Crippen molar-refractivity contribution in [2.24, 2.45) is 0 Å². The van der Waals surface area contributed by atoms with E-state index in [1.165, 1.54) is 0 Å². The van der Waals surface area contributed by atoms with Crippen LogP contribution in [0.2, 0.25) is 0 Å². The van der Waals surface area contributed by atoms with Crippen molar-refractivity contribution in [3.05, 3.63) is 358 Å². The predicted molar refractivity (Wildman–Crippen MR) is 583 cm³/mol. The topological polar surface area (TPSA) is 375 Å². The number of hydrogen-bond donors (Lipinski definition) is 10. The highest BCUT2D eigenvalue weighted by Crippen LogP contribution is 2.56. The molecule has 15 heterocycles. The van der Waals surface area contributed by atoms with Gasteiger partial charge in [0, 0.05) is 204 Å². The third-order valence-electron chi connectivity index (χ3n) is 33.1. The second-order valence-electron chi connectivity index (χ2n) is 40.9. The fourth-order valence-electron chi connectivity index (χ4n) is 26.7. The molecule has 10 aromatic heterocycles. The zero-order chi connectivity index (χ0) is 98.5. The molecule has 5 saturated carbocycles. The Balaban J connectivity index is 0.000000109. The predicted octanol–water partition coefficient (Wildman–Crippen LogP) is 23.0. The highest BCUT2D eigenvalue weighted by Gasteiger charge is 2.52. The highest BCUT2D eigenvalue weighted by molar-refractivity contribution is 6.21. The largest absolute Gasteiger partial charge is 0.388 e. The SMILES string of the molecule is C.C.C.C.C.O=C1CC(=O)[C@@H](c2cn3c4c(cccc24)C(O)CC3)[C@@H]1c1c[nH]c2ccccc12.O=C1CC(=O)[C@@H](c2cn3c4c(cccc24)[C@@H](O)CC3)[C@@H]1c1c[nH]c2ccccc12.O=C1CC(=O)[C@@H](c2cn3c4c(cccc24)[C@H](O)CC3)[C@@H]1c1c[nH]c2ccccc12.O=C1CC(=O)[C@H](c2cn3c4c(cccc24)[C@@H](O)CC3)[C@H]1c1c[nH]c2ccccc12.O=C1CC(=O)[C@H](c2cn3c4c(cccc24)[C@H](O)CC3)[C@H]1c1c[nH]c2ccccc12. The van der Waals surface area contributed by atoms with Crippen LogP contribution in [-0.2, 0) is 80.7 Å². The number of ketones is 10. The van der Waals surface area contributed by atoms with Gasteiger partial charge in [0.2, 0.25) is 0 Å². The standard InChI is InChI=1S/5C24H20N2O3.5CH4/c5*27-19-8-9-26-12-17(14-5-3-6-15(19)24(14)26)23-21(29)10-20(28)22(23)16-11-25-18-7-2-1-4-13(16)18;;;;;/h5*1-7,11-12,19,22-23,25,27H,8-10H2;5*1H4/t19?,22-,23-;2*19-,22+,23+;2*19-,22-,23-;;;;;/m11010...../s1. The number of para-hydroxylation sites is 10. The molecule has 5 aliphatic carbocycles. The van der Waals surface area contributed by atoms with Crippen molar-refractivity contribution in [2.75, 3.05) is 0 Å². The Kier molecular flexibility index (Phi) is 26.0. The van der Waals surface area contributed by atoms with E-state index in [1.54, 1.807) is 0 Å². The van der Waals surface area contributed by atoms with Crippen molar-refractivity contribution < 1.29 is 73.5 Å². The molecule has 0 amide bonds. The van der Waals surface area contributed by atoms with Gasteiger partial charge in [0.25, 0.3) is 0 Å². The first-order chi connectivity index (χ1) is 70.7. The van der Waals surface area contributed by atoms with Gasteiger partial charge < -0.3 is 73.3 Å². The van der Waals surface area contributed by atoms with Crippen molar-refractivity contribution in [1.29, 1.82) is 0 Å². The number of aliphatic hydroxyl groups is 5. The van der Waals surface area contributed by atoms with Crippen molar-refractivity contribution in [1.82, 2.24) is 47.8 Å². The molecule has 0 bridgehead atoms. The summed E-state index contributed by atoms with van der Waals surface area (Å²) in [7, 11) is 0. The molecule has 10 aromatic carbocycles. The van der Waals surface area contributed by atoms with E-state index in [0.717, 1.165) is 192 Å². The van der Waals surface area contributed by atoms with E-state index in [-0.39, 0.29) is 127 Å². The third-order valence-corrected chi connectivity index (χ3v) is 33.1. The minimum absolute atomic E-state index is 0. The molecule has 25 nitrogen and oxygen atoms in total. The van der Waals surface area contributed by atoms with Crippen molar-refractivity contribution in [3.63, 3.8) is 0 Å². The lowest BCUT2D eigenvalue weighted by Gasteiger charge is -2.20. The summed E-state index contributed by atoms with van der Waals surface area (Å²) in [6, 6.07) is 68.9. The van der Waals surface area contributed by atoms with E-state index in [4.69, 9.17) is 0 Å². The number of benzene rings is 10. The van der Waals surface area contributed by atoms with E-state index < -0.39 is 89.7 Å². The second kappa shape index (κ2) is 39.0. The quantitative estimate of drug-likeness (QED) is 0.0569. The molecule has 5 aliphatic heterocycles. The van der Waals surface area contributed by atoms with Gasteiger partial charge in [-0.3, -0.25) is 47.9 Å². The van der Waals surface area contributed by atoms with Crippen LogP contribution in [0.5, 0.6) is 0 Å². The fourth-order valence-corrected chi connectivity index (χ4v) is 26.7. The lowest BCUT2D eigenvalue weighted by atomic mass is 9.82. The summed E-state index contributed by atoms with van der Waals surface area (Å²) in [5.41, 5.74) is 23.3. The second-order valence-corrected chi connectivity index (χ2v) is 40.9. The summed E-state index contributed by atoms with van der Waals surface area (Å²) in [5.74, 6) is -5.03. The molecular weight excluding hydrogens is 1880 g/mol. The number of carbonyl (C=O) groups excluding carboxylic acids is 10. The average molecular weight is 2000 g/mol. The number of Topliss-reactive ketones (excluding diaryl/α,β-unsaturated/α-hetero) is 10. The molecule has 5 fully saturated rings. The fraction of sp³-hybridized carbons (Fsp3) is 0.280. The lowest BCUT2D eigenvalue weighted by Crippen LogP contribution is -2.14. The number of aromatic nitrogens is 10. The van der Waals surface area contributed by atoms with Gasteiger partial charge in [-0.25, -0.2) is 0 Å². The Morgan fingerprint density at radius 3 is 0.493 bits per heavy atom. The summed E-state index contributed by atoms with van der Waals surface area (Å²) in [6.07, 6.45) is 20.3. The Labute approximate surface area is 864 Å². The zero-order valence-electron chi connectivity index (χ0n) is 78.8. The number of nitrogens with one attached hydrogen (secondary N) is 5. The first-order valence-electron chi connectivity index (χ1n) is 50.2. The smallest absolute Gasteiger partial charge is 0.148 e. The van der Waals surface area contributed by atoms with Gasteiger partial charge in [-0.05, 0) is 118 Å². The van der Waals surface area contributed by atoms with Crippen LogP contribution in [0.4, 0.5) is 0 Å². The zero-order valence-corrected chi connectivity index (χ0v) is 78.8. The summed E-state index contributed by atoms with van der Waals surface area (Å²) < 4.78 is 10.7. The van der Waals surface area contributed by atoms with E-state index in [1.807, 2.05) is 274 Å². The number of aliphatic hydroxyl groups excluding tert-OH is 5. The molecule has 25 heteroatoms. The first-order valence-corrected chi connectivity index (χ1v) is 50.2. The number of H-pyrrole nitrogens is 5. The van der Waals surface area contributed by atoms with Crippen LogP contribution in [0.3, 0.4) is 0 Å². The van der Waals surface area contributed by atoms with Crippen LogP contribution >= 0.6 is 0 Å². The summed E-state index contributed by atoms with van der Waals surface area (Å²) in [6.45, 7) is 3.55. The van der Waals surface area contributed by atoms with Crippen LogP contribution < -0.4 is 0 Å². The van der Waals surface area contributed by atoms with E-state index in [9.17, 15) is 73.5 Å². The molecule has 30 rings (SSSR count). The molecule has 760 valence electrons. The number of fused-ring (bicyclic) bond motifs is 5. The van der Waals surface area contributed by atoms with Crippen LogP contribution in [0.25, 0.3) is 109 Å². The van der Waals surface area contributed by atoms with Crippen LogP contribution in [-0.4, -0.2) is 131 Å². The van der Waals surface area contributed by atoms with Gasteiger partial charge in [-0.1, -0.05) is 219 Å². The minimum Gasteiger partial charge on any atom is -0.388 e. The van der Waals surface area contributed by atoms with Crippen molar-refractivity contribution >= 4 is 167 Å². The maximum Gasteiger partial charge on any atom is 0.148 e. The van der Waals surface area contributed by atoms with Crippen molar-refractivity contribution in [3.8, 4) is 0 Å². The van der Waals surface area contributed by atoms with Crippen molar-refractivity contribution in [2.45, 2.75) is 224 Å². The maximum atomic E-state index is 13.0. The van der Waals surface area contributed by atoms with E-state index in [0.29, 0.717) is 64.8 Å². The molecule has 150 heavy (non-hydrogen) atoms. The molecule has 10 N–H and O–H groups in total. The number of rotatable bonds is 10. The molecule has 15 atom stereocenters. The molecule has 0 saturated heterocycles. The van der Waals surface area contributed by atoms with E-state index >= 15 is 0 Å². The van der Waals surface area contributed by atoms with Gasteiger partial charge >= 0.3 is 0 Å². The Bertz CT molecular complexity index is 7750. The Morgan fingerprint density at radius 1 is 0.180 bits per heavy atom. The van der Waals surface area contributed by atoms with Crippen LogP contribution in [0.15, 0.2) is 274 Å². The summed E-state index contributed by atoms with van der Waals surface area (Å²) in [4.78, 5) is 146. The normalized spacial score (nSPS) is 23.3. The molecule has 1 unspecified atom stereocenters. The molecule has 0 radical (unpaired) electrons. The molecular formula is C125H120N10O15. The molecule has 10 aliphatic rings. The van der Waals surface area contributed by atoms with Gasteiger partial charge in [0.05, 0.1) is 149 Å². The van der Waals surface area contributed by atoms with E-state index in [2.05, 4.69) is 47.8 Å². The number of aromatic amines is 5.